The van der Waals surface area contributed by atoms with Gasteiger partial charge in [0.25, 0.3) is 0 Å². The maximum Gasteiger partial charge on any atom is 0.224 e. The molecule has 0 aliphatic rings. The van der Waals surface area contributed by atoms with Gasteiger partial charge in [0, 0.05) is 11.6 Å². The first-order valence-electron chi connectivity index (χ1n) is 7.95. The predicted molar refractivity (Wildman–Crippen MR) is 96.0 cm³/mol. The van der Waals surface area contributed by atoms with E-state index in [1.54, 1.807) is 20.3 Å². The molecule has 0 bridgehead atoms. The highest BCUT2D eigenvalue weighted by Crippen LogP contribution is 2.27. The van der Waals surface area contributed by atoms with Crippen molar-refractivity contribution in [1.29, 1.82) is 0 Å². The van der Waals surface area contributed by atoms with Crippen LogP contribution in [0, 0.1) is 5.82 Å². The maximum atomic E-state index is 13.7. The second-order valence-electron chi connectivity index (χ2n) is 5.56. The molecule has 134 valence electrons. The minimum Gasteiger partial charge on any atom is -0.493 e. The van der Waals surface area contributed by atoms with Crippen molar-refractivity contribution in [2.24, 2.45) is 0 Å². The average Bonchev–Trinajstić information content (AvgIpc) is 2.61. The summed E-state index contributed by atoms with van der Waals surface area (Å²) in [6.45, 7) is 0.516. The number of rotatable bonds is 8. The third kappa shape index (κ3) is 5.64. The summed E-state index contributed by atoms with van der Waals surface area (Å²) in [5, 5.41) is 3.12. The molecule has 0 atom stereocenters. The Bertz CT molecular complexity index is 737. The van der Waals surface area contributed by atoms with Crippen molar-refractivity contribution in [3.63, 3.8) is 0 Å². The zero-order valence-corrected chi connectivity index (χ0v) is 15.0. The van der Waals surface area contributed by atoms with Crippen LogP contribution in [0.25, 0.3) is 0 Å². The molecule has 0 spiro atoms. The van der Waals surface area contributed by atoms with Gasteiger partial charge in [0.1, 0.15) is 5.82 Å². The largest absolute Gasteiger partial charge is 0.493 e. The zero-order chi connectivity index (χ0) is 18.2. The fourth-order valence-electron chi connectivity index (χ4n) is 2.46. The number of aryl methyl sites for hydroxylation is 1. The first kappa shape index (κ1) is 19.1. The van der Waals surface area contributed by atoms with Gasteiger partial charge < -0.3 is 14.8 Å². The van der Waals surface area contributed by atoms with Gasteiger partial charge in [-0.15, -0.1) is 0 Å². The second kappa shape index (κ2) is 9.28. The van der Waals surface area contributed by atoms with Gasteiger partial charge in [0.15, 0.2) is 11.5 Å². The van der Waals surface area contributed by atoms with Crippen molar-refractivity contribution in [2.75, 3.05) is 20.8 Å². The molecule has 0 aliphatic heterocycles. The lowest BCUT2D eigenvalue weighted by atomic mass is 10.1. The maximum absolute atomic E-state index is 13.7. The molecule has 4 nitrogen and oxygen atoms in total. The van der Waals surface area contributed by atoms with Gasteiger partial charge in [-0.25, -0.2) is 4.39 Å². The van der Waals surface area contributed by atoms with Crippen molar-refractivity contribution in [2.45, 2.75) is 19.3 Å². The Kier molecular flexibility index (Phi) is 7.07. The number of methoxy groups -OCH3 is 2. The summed E-state index contributed by atoms with van der Waals surface area (Å²) in [6.07, 6.45) is 1.56. The number of benzene rings is 2. The molecule has 0 fully saturated rings. The lowest BCUT2D eigenvalue weighted by Crippen LogP contribution is -2.26. The molecule has 2 rings (SSSR count). The Morgan fingerprint density at radius 2 is 1.88 bits per heavy atom. The molecule has 0 unspecified atom stereocenters. The van der Waals surface area contributed by atoms with Crippen LogP contribution in [-0.2, 0) is 17.6 Å². The molecular formula is C19H21ClFNO3. The number of amides is 1. The normalized spacial score (nSPS) is 10.4. The summed E-state index contributed by atoms with van der Waals surface area (Å²) in [4.78, 5) is 11.9. The molecule has 6 heteroatoms. The van der Waals surface area contributed by atoms with E-state index in [1.807, 2.05) is 18.2 Å². The lowest BCUT2D eigenvalue weighted by Gasteiger charge is -2.10. The van der Waals surface area contributed by atoms with Crippen LogP contribution in [0.15, 0.2) is 36.4 Å². The molecular weight excluding hydrogens is 345 g/mol. The quantitative estimate of drug-likeness (QED) is 0.724. The fraction of sp³-hybridized carbons (Fsp3) is 0.316. The van der Waals surface area contributed by atoms with Crippen LogP contribution in [0.5, 0.6) is 11.5 Å². The van der Waals surface area contributed by atoms with Gasteiger partial charge in [0.2, 0.25) is 5.91 Å². The summed E-state index contributed by atoms with van der Waals surface area (Å²) >= 11 is 5.70. The van der Waals surface area contributed by atoms with Gasteiger partial charge >= 0.3 is 0 Å². The molecule has 0 saturated heterocycles. The molecule has 0 aromatic heterocycles. The van der Waals surface area contributed by atoms with E-state index in [0.717, 1.165) is 18.4 Å². The number of hydrogen-bond donors (Lipinski definition) is 1. The van der Waals surface area contributed by atoms with E-state index in [2.05, 4.69) is 5.32 Å². The van der Waals surface area contributed by atoms with E-state index in [9.17, 15) is 9.18 Å². The zero-order valence-electron chi connectivity index (χ0n) is 14.3. The standard InChI is InChI=1S/C19H21ClFNO3/c1-24-17-8-5-13(10-18(17)25-2)4-3-9-22-19(23)11-14-6-7-15(20)12-16(14)21/h5-8,10,12H,3-4,9,11H2,1-2H3,(H,22,23). The molecule has 1 amide bonds. The number of hydrogen-bond acceptors (Lipinski definition) is 3. The number of ether oxygens (including phenoxy) is 2. The van der Waals surface area contributed by atoms with Crippen molar-refractivity contribution < 1.29 is 18.7 Å². The van der Waals surface area contributed by atoms with E-state index >= 15 is 0 Å². The molecule has 0 saturated carbocycles. The molecule has 2 aromatic carbocycles. The average molecular weight is 366 g/mol. The van der Waals surface area contributed by atoms with Crippen LogP contribution < -0.4 is 14.8 Å². The third-order valence-electron chi connectivity index (χ3n) is 3.78. The van der Waals surface area contributed by atoms with E-state index in [-0.39, 0.29) is 12.3 Å². The van der Waals surface area contributed by atoms with E-state index in [0.29, 0.717) is 28.6 Å². The van der Waals surface area contributed by atoms with E-state index in [4.69, 9.17) is 21.1 Å². The summed E-state index contributed by atoms with van der Waals surface area (Å²) in [7, 11) is 3.19. The minimum absolute atomic E-state index is 0.000634. The highest BCUT2D eigenvalue weighted by Gasteiger charge is 2.09. The molecule has 0 heterocycles. The van der Waals surface area contributed by atoms with Gasteiger partial charge in [-0.2, -0.15) is 0 Å². The van der Waals surface area contributed by atoms with Crippen LogP contribution in [0.1, 0.15) is 17.5 Å². The van der Waals surface area contributed by atoms with Crippen LogP contribution in [0.4, 0.5) is 4.39 Å². The summed E-state index contributed by atoms with van der Waals surface area (Å²) in [5.41, 5.74) is 1.43. The lowest BCUT2D eigenvalue weighted by molar-refractivity contribution is -0.120. The van der Waals surface area contributed by atoms with Crippen LogP contribution in [0.2, 0.25) is 5.02 Å². The molecule has 1 N–H and O–H groups in total. The fourth-order valence-corrected chi connectivity index (χ4v) is 2.62. The Morgan fingerprint density at radius 3 is 2.56 bits per heavy atom. The monoisotopic (exact) mass is 365 g/mol. The highest BCUT2D eigenvalue weighted by molar-refractivity contribution is 6.30. The van der Waals surface area contributed by atoms with Crippen LogP contribution >= 0.6 is 11.6 Å². The van der Waals surface area contributed by atoms with Gasteiger partial charge in [0.05, 0.1) is 20.6 Å². The topological polar surface area (TPSA) is 47.6 Å². The third-order valence-corrected chi connectivity index (χ3v) is 4.01. The summed E-state index contributed by atoms with van der Waals surface area (Å²) in [5.74, 6) is 0.688. The van der Waals surface area contributed by atoms with Crippen molar-refractivity contribution >= 4 is 17.5 Å². The molecule has 2 aromatic rings. The first-order chi connectivity index (χ1) is 12.0. The van der Waals surface area contributed by atoms with Crippen molar-refractivity contribution in [1.82, 2.24) is 5.32 Å². The number of carbonyl (C=O) groups is 1. The molecule has 0 aliphatic carbocycles. The first-order valence-corrected chi connectivity index (χ1v) is 8.33. The van der Waals surface area contributed by atoms with E-state index in [1.165, 1.54) is 12.1 Å². The van der Waals surface area contributed by atoms with Gasteiger partial charge in [-0.3, -0.25) is 4.79 Å². The number of nitrogens with one attached hydrogen (secondary N) is 1. The Morgan fingerprint density at radius 1 is 1.12 bits per heavy atom. The number of carbonyl (C=O) groups excluding carboxylic acids is 1. The Balaban J connectivity index is 1.78. The van der Waals surface area contributed by atoms with Gasteiger partial charge in [-0.05, 0) is 48.2 Å². The number of halogens is 2. The molecule has 0 radical (unpaired) electrons. The minimum atomic E-state index is -0.465. The SMILES string of the molecule is COc1ccc(CCCNC(=O)Cc2ccc(Cl)cc2F)cc1OC. The Labute approximate surface area is 151 Å². The smallest absolute Gasteiger partial charge is 0.224 e. The second-order valence-corrected chi connectivity index (χ2v) is 5.99. The van der Waals surface area contributed by atoms with Crippen molar-refractivity contribution in [3.8, 4) is 11.5 Å². The molecule has 25 heavy (non-hydrogen) atoms. The Hall–Kier alpha value is -2.27. The van der Waals surface area contributed by atoms with Crippen LogP contribution in [-0.4, -0.2) is 26.7 Å². The predicted octanol–water partition coefficient (Wildman–Crippen LogP) is 3.79. The van der Waals surface area contributed by atoms with Crippen LogP contribution in [0.3, 0.4) is 0 Å². The van der Waals surface area contributed by atoms with Gasteiger partial charge in [-0.1, -0.05) is 23.7 Å². The summed E-state index contributed by atoms with van der Waals surface area (Å²) in [6, 6.07) is 10.1. The van der Waals surface area contributed by atoms with E-state index < -0.39 is 5.82 Å². The van der Waals surface area contributed by atoms with Crippen molar-refractivity contribution in [3.05, 3.63) is 58.4 Å². The summed E-state index contributed by atoms with van der Waals surface area (Å²) < 4.78 is 24.1. The highest BCUT2D eigenvalue weighted by atomic mass is 35.5.